The Balaban J connectivity index is 1.55. The minimum atomic E-state index is -0.607. The zero-order valence-corrected chi connectivity index (χ0v) is 16.6. The largest absolute Gasteiger partial charge is 0.711 e. The molecule has 2 aromatic heterocycles. The molecule has 0 unspecified atom stereocenters. The summed E-state index contributed by atoms with van der Waals surface area (Å²) in [6.45, 7) is 3.62. The smallest absolute Gasteiger partial charge is 0.298 e. The highest BCUT2D eigenvalue weighted by Crippen LogP contribution is 2.55. The number of aryl methyl sites for hydroxylation is 2. The molecule has 1 amide bonds. The maximum absolute atomic E-state index is 13.0. The summed E-state index contributed by atoms with van der Waals surface area (Å²) in [6.07, 6.45) is 3.23. The second kappa shape index (κ2) is 7.70. The van der Waals surface area contributed by atoms with E-state index in [1.54, 1.807) is 13.8 Å². The zero-order chi connectivity index (χ0) is 21.3. The van der Waals surface area contributed by atoms with Gasteiger partial charge in [0.2, 0.25) is 17.6 Å². The fraction of sp³-hybridized carbons (Fsp3) is 0.273. The number of nitrogens with zero attached hydrogens (tertiary/aromatic N) is 3. The third-order valence-electron chi connectivity index (χ3n) is 5.46. The maximum atomic E-state index is 13.0. The van der Waals surface area contributed by atoms with E-state index in [0.29, 0.717) is 34.1 Å². The first-order valence-electron chi connectivity index (χ1n) is 9.57. The molecule has 1 saturated carbocycles. The van der Waals surface area contributed by atoms with Crippen LogP contribution in [-0.2, 0) is 10.2 Å². The zero-order valence-electron chi connectivity index (χ0n) is 16.6. The molecule has 0 saturated heterocycles. The van der Waals surface area contributed by atoms with Crippen molar-refractivity contribution < 1.29 is 18.7 Å². The van der Waals surface area contributed by atoms with Gasteiger partial charge in [-0.2, -0.15) is 4.39 Å². The van der Waals surface area contributed by atoms with E-state index in [0.717, 1.165) is 5.56 Å². The number of hydrogen-bond acceptors (Lipinski definition) is 5. The molecular weight excluding hydrogens is 387 g/mol. The summed E-state index contributed by atoms with van der Waals surface area (Å²) in [4.78, 5) is 20.6. The van der Waals surface area contributed by atoms with Crippen LogP contribution in [0.2, 0.25) is 0 Å². The highest BCUT2D eigenvalue weighted by Gasteiger charge is 2.60. The summed E-state index contributed by atoms with van der Waals surface area (Å²) in [7, 11) is 0. The standard InChI is InChI=1S/C22H21FN4O3/c1-14-19(12-27(29)15(2)25-14)30-13-22(16-6-4-3-5-7-16)10-18(22)21(28)26-17-8-9-20(23)24-11-17/h3-9,11-12,18H,10,13H2,1-2H3,(H,26,28)/t18-,22+/m0/s1. The minimum absolute atomic E-state index is 0.187. The number of ether oxygens (including phenoxy) is 1. The number of aromatic nitrogens is 3. The molecule has 4 rings (SSSR count). The predicted molar refractivity (Wildman–Crippen MR) is 107 cm³/mol. The third kappa shape index (κ3) is 3.80. The van der Waals surface area contributed by atoms with Crippen LogP contribution in [0.1, 0.15) is 23.5 Å². The van der Waals surface area contributed by atoms with Crippen molar-refractivity contribution in [3.05, 3.63) is 83.1 Å². The molecule has 8 heteroatoms. The lowest BCUT2D eigenvalue weighted by Gasteiger charge is -2.19. The van der Waals surface area contributed by atoms with Gasteiger partial charge < -0.3 is 15.3 Å². The molecule has 1 fully saturated rings. The lowest BCUT2D eigenvalue weighted by atomic mass is 9.93. The monoisotopic (exact) mass is 408 g/mol. The van der Waals surface area contributed by atoms with Gasteiger partial charge in [0, 0.05) is 19.3 Å². The van der Waals surface area contributed by atoms with Crippen LogP contribution in [0.25, 0.3) is 0 Å². The van der Waals surface area contributed by atoms with Gasteiger partial charge in [-0.1, -0.05) is 30.3 Å². The normalized spacial score (nSPS) is 19.9. The highest BCUT2D eigenvalue weighted by atomic mass is 19.1. The van der Waals surface area contributed by atoms with Crippen LogP contribution in [0.3, 0.4) is 0 Å². The van der Waals surface area contributed by atoms with Gasteiger partial charge in [0.05, 0.1) is 24.4 Å². The number of anilines is 1. The van der Waals surface area contributed by atoms with E-state index in [1.165, 1.54) is 24.5 Å². The number of rotatable bonds is 6. The van der Waals surface area contributed by atoms with Gasteiger partial charge in [-0.3, -0.25) is 4.79 Å². The Kier molecular flexibility index (Phi) is 5.07. The predicted octanol–water partition coefficient (Wildman–Crippen LogP) is 2.84. The minimum Gasteiger partial charge on any atom is -0.711 e. The highest BCUT2D eigenvalue weighted by molar-refractivity contribution is 5.96. The Labute approximate surface area is 173 Å². The summed E-state index contributed by atoms with van der Waals surface area (Å²) in [5, 5.41) is 14.7. The van der Waals surface area contributed by atoms with Gasteiger partial charge in [0.15, 0.2) is 5.69 Å². The van der Waals surface area contributed by atoms with Crippen molar-refractivity contribution in [3.8, 4) is 5.75 Å². The molecule has 2 heterocycles. The topological polar surface area (TPSA) is 91.0 Å². The third-order valence-corrected chi connectivity index (χ3v) is 5.46. The number of benzene rings is 1. The second-order valence-electron chi connectivity index (χ2n) is 7.49. The molecule has 2 atom stereocenters. The molecule has 0 bridgehead atoms. The quantitative estimate of drug-likeness (QED) is 0.385. The molecule has 1 aromatic carbocycles. The summed E-state index contributed by atoms with van der Waals surface area (Å²) in [5.74, 6) is -0.394. The van der Waals surface area contributed by atoms with Crippen LogP contribution in [0.4, 0.5) is 10.1 Å². The summed E-state index contributed by atoms with van der Waals surface area (Å²) >= 11 is 0. The van der Waals surface area contributed by atoms with E-state index >= 15 is 0 Å². The first-order chi connectivity index (χ1) is 14.4. The van der Waals surface area contributed by atoms with Crippen molar-refractivity contribution in [1.82, 2.24) is 9.97 Å². The van der Waals surface area contributed by atoms with Crippen LogP contribution in [0, 0.1) is 30.9 Å². The Bertz CT molecular complexity index is 1080. The van der Waals surface area contributed by atoms with Crippen molar-refractivity contribution in [3.63, 3.8) is 0 Å². The molecule has 0 aliphatic heterocycles. The molecule has 1 aliphatic carbocycles. The summed E-state index contributed by atoms with van der Waals surface area (Å²) in [6, 6.07) is 12.3. The molecule has 1 N–H and O–H groups in total. The van der Waals surface area contributed by atoms with Crippen molar-refractivity contribution in [1.29, 1.82) is 0 Å². The number of carbonyl (C=O) groups is 1. The van der Waals surface area contributed by atoms with Crippen LogP contribution in [0.5, 0.6) is 5.75 Å². The Hall–Kier alpha value is -3.55. The lowest BCUT2D eigenvalue weighted by molar-refractivity contribution is -0.616. The first-order valence-corrected chi connectivity index (χ1v) is 9.57. The van der Waals surface area contributed by atoms with Gasteiger partial charge in [0.1, 0.15) is 6.20 Å². The molecule has 3 aromatic rings. The van der Waals surface area contributed by atoms with E-state index in [4.69, 9.17) is 4.74 Å². The number of carbonyl (C=O) groups excluding carboxylic acids is 1. The van der Waals surface area contributed by atoms with Crippen LogP contribution >= 0.6 is 0 Å². The van der Waals surface area contributed by atoms with E-state index in [2.05, 4.69) is 15.3 Å². The Morgan fingerprint density at radius 2 is 2.07 bits per heavy atom. The summed E-state index contributed by atoms with van der Waals surface area (Å²) < 4.78 is 19.7. The van der Waals surface area contributed by atoms with Gasteiger partial charge in [0.25, 0.3) is 5.82 Å². The molecule has 0 radical (unpaired) electrons. The number of halogens is 1. The van der Waals surface area contributed by atoms with Crippen LogP contribution in [-0.4, -0.2) is 22.5 Å². The van der Waals surface area contributed by atoms with E-state index in [-0.39, 0.29) is 18.4 Å². The Morgan fingerprint density at radius 1 is 1.30 bits per heavy atom. The number of hydrogen-bond donors (Lipinski definition) is 1. The van der Waals surface area contributed by atoms with Crippen LogP contribution in [0.15, 0.2) is 54.9 Å². The maximum Gasteiger partial charge on any atom is 0.298 e. The molecule has 7 nitrogen and oxygen atoms in total. The first kappa shape index (κ1) is 19.8. The van der Waals surface area contributed by atoms with Gasteiger partial charge in [-0.15, -0.1) is 0 Å². The molecular formula is C22H21FN4O3. The van der Waals surface area contributed by atoms with E-state index in [1.807, 2.05) is 30.3 Å². The van der Waals surface area contributed by atoms with Crippen molar-refractivity contribution >= 4 is 11.6 Å². The number of amides is 1. The molecule has 1 aliphatic rings. The van der Waals surface area contributed by atoms with E-state index in [9.17, 15) is 14.4 Å². The van der Waals surface area contributed by atoms with Gasteiger partial charge in [-0.25, -0.2) is 9.71 Å². The number of nitrogens with one attached hydrogen (secondary N) is 1. The van der Waals surface area contributed by atoms with Crippen molar-refractivity contribution in [2.24, 2.45) is 5.92 Å². The van der Waals surface area contributed by atoms with Crippen molar-refractivity contribution in [2.75, 3.05) is 11.9 Å². The molecule has 30 heavy (non-hydrogen) atoms. The molecule has 154 valence electrons. The summed E-state index contributed by atoms with van der Waals surface area (Å²) in [5.41, 5.74) is 1.50. The average molecular weight is 408 g/mol. The Morgan fingerprint density at radius 3 is 2.77 bits per heavy atom. The second-order valence-corrected chi connectivity index (χ2v) is 7.49. The van der Waals surface area contributed by atoms with Crippen LogP contribution < -0.4 is 14.8 Å². The van der Waals surface area contributed by atoms with Gasteiger partial charge >= 0.3 is 0 Å². The van der Waals surface area contributed by atoms with Gasteiger partial charge in [-0.05, 0) is 29.1 Å². The lowest BCUT2D eigenvalue weighted by Crippen LogP contribution is -2.32. The SMILES string of the molecule is Cc1nc(C)[n+]([O-])cc1OC[C@@]1(c2ccccc2)C[C@H]1C(=O)Nc1ccc(F)nc1. The average Bonchev–Trinajstić information content (AvgIpc) is 3.48. The fourth-order valence-electron chi connectivity index (χ4n) is 3.65. The number of pyridine rings is 1. The van der Waals surface area contributed by atoms with E-state index < -0.39 is 11.4 Å². The fourth-order valence-corrected chi connectivity index (χ4v) is 3.65. The van der Waals surface area contributed by atoms with Crippen molar-refractivity contribution in [2.45, 2.75) is 25.7 Å². The molecule has 0 spiro atoms.